The van der Waals surface area contributed by atoms with Gasteiger partial charge in [-0.1, -0.05) is 0 Å². The highest BCUT2D eigenvalue weighted by Gasteiger charge is 2.32. The maximum atomic E-state index is 12.5. The Kier molecular flexibility index (Phi) is 4.80. The summed E-state index contributed by atoms with van der Waals surface area (Å²) < 4.78 is 0. The fourth-order valence-corrected chi connectivity index (χ4v) is 3.26. The number of amides is 2. The van der Waals surface area contributed by atoms with Gasteiger partial charge in [0.05, 0.1) is 5.92 Å². The predicted molar refractivity (Wildman–Crippen MR) is 73.3 cm³/mol. The van der Waals surface area contributed by atoms with Gasteiger partial charge in [0.25, 0.3) is 0 Å². The smallest absolute Gasteiger partial charge is 0.227 e. The van der Waals surface area contributed by atoms with Gasteiger partial charge in [0.1, 0.15) is 0 Å². The standard InChI is InChI=1S/C14H25N3O2/c1-10-12(3-2-6-16-10)14(19)17-7-4-11(5-8-17)9-13(15)18/h10-12,16H,2-9H2,1H3,(H2,15,18). The van der Waals surface area contributed by atoms with Crippen LogP contribution in [0.3, 0.4) is 0 Å². The van der Waals surface area contributed by atoms with E-state index >= 15 is 0 Å². The van der Waals surface area contributed by atoms with Crippen molar-refractivity contribution in [2.75, 3.05) is 19.6 Å². The van der Waals surface area contributed by atoms with E-state index in [1.54, 1.807) is 0 Å². The predicted octanol–water partition coefficient (Wildman–Crippen LogP) is 0.489. The average molecular weight is 267 g/mol. The maximum Gasteiger partial charge on any atom is 0.227 e. The molecule has 2 amide bonds. The molecule has 0 aromatic heterocycles. The molecule has 2 unspecified atom stereocenters. The second-order valence-corrected chi connectivity index (χ2v) is 5.93. The molecule has 0 aliphatic carbocycles. The Morgan fingerprint density at radius 2 is 1.95 bits per heavy atom. The van der Waals surface area contributed by atoms with Crippen LogP contribution in [0.25, 0.3) is 0 Å². The van der Waals surface area contributed by atoms with Crippen LogP contribution in [0.15, 0.2) is 0 Å². The number of carbonyl (C=O) groups is 2. The number of piperidine rings is 2. The van der Waals surface area contributed by atoms with Crippen LogP contribution < -0.4 is 11.1 Å². The molecular formula is C14H25N3O2. The molecule has 0 aromatic carbocycles. The fraction of sp³-hybridized carbons (Fsp3) is 0.857. The number of hydrogen-bond donors (Lipinski definition) is 2. The van der Waals surface area contributed by atoms with E-state index in [4.69, 9.17) is 5.73 Å². The van der Waals surface area contributed by atoms with Gasteiger partial charge in [0.2, 0.25) is 11.8 Å². The van der Waals surface area contributed by atoms with Crippen LogP contribution in [0.1, 0.15) is 39.0 Å². The highest BCUT2D eigenvalue weighted by molar-refractivity contribution is 5.80. The Bertz CT molecular complexity index is 338. The van der Waals surface area contributed by atoms with Crippen LogP contribution >= 0.6 is 0 Å². The summed E-state index contributed by atoms with van der Waals surface area (Å²) in [4.78, 5) is 25.4. The number of hydrogen-bond acceptors (Lipinski definition) is 3. The molecular weight excluding hydrogens is 242 g/mol. The molecule has 0 spiro atoms. The van der Waals surface area contributed by atoms with Gasteiger partial charge in [-0.15, -0.1) is 0 Å². The van der Waals surface area contributed by atoms with Gasteiger partial charge in [-0.25, -0.2) is 0 Å². The molecule has 3 N–H and O–H groups in total. The van der Waals surface area contributed by atoms with E-state index in [2.05, 4.69) is 12.2 Å². The van der Waals surface area contributed by atoms with E-state index in [9.17, 15) is 9.59 Å². The molecule has 2 heterocycles. The number of rotatable bonds is 3. The third kappa shape index (κ3) is 3.69. The first-order valence-electron chi connectivity index (χ1n) is 7.38. The summed E-state index contributed by atoms with van der Waals surface area (Å²) in [5.74, 6) is 0.553. The molecule has 5 nitrogen and oxygen atoms in total. The van der Waals surface area contributed by atoms with Gasteiger partial charge in [0, 0.05) is 25.6 Å². The zero-order valence-electron chi connectivity index (χ0n) is 11.7. The monoisotopic (exact) mass is 267 g/mol. The molecule has 2 atom stereocenters. The van der Waals surface area contributed by atoms with Crippen LogP contribution in [-0.4, -0.2) is 42.4 Å². The second kappa shape index (κ2) is 6.37. The van der Waals surface area contributed by atoms with Gasteiger partial charge < -0.3 is 16.0 Å². The Labute approximate surface area is 114 Å². The molecule has 0 bridgehead atoms. The van der Waals surface area contributed by atoms with Crippen molar-refractivity contribution in [3.63, 3.8) is 0 Å². The summed E-state index contributed by atoms with van der Waals surface area (Å²) in [5, 5.41) is 3.38. The first kappa shape index (κ1) is 14.3. The maximum absolute atomic E-state index is 12.5. The van der Waals surface area contributed by atoms with Crippen molar-refractivity contribution in [1.82, 2.24) is 10.2 Å². The lowest BCUT2D eigenvalue weighted by molar-refractivity contribution is -0.138. The molecule has 2 aliphatic heterocycles. The van der Waals surface area contributed by atoms with E-state index in [0.29, 0.717) is 12.3 Å². The largest absolute Gasteiger partial charge is 0.370 e. The number of nitrogens with one attached hydrogen (secondary N) is 1. The van der Waals surface area contributed by atoms with Crippen molar-refractivity contribution < 1.29 is 9.59 Å². The lowest BCUT2D eigenvalue weighted by Gasteiger charge is -2.37. The van der Waals surface area contributed by atoms with Crippen molar-refractivity contribution in [2.24, 2.45) is 17.6 Å². The van der Waals surface area contributed by atoms with E-state index < -0.39 is 0 Å². The van der Waals surface area contributed by atoms with Gasteiger partial charge in [-0.05, 0) is 45.1 Å². The van der Waals surface area contributed by atoms with E-state index in [-0.39, 0.29) is 23.8 Å². The third-order valence-corrected chi connectivity index (χ3v) is 4.50. The molecule has 2 aliphatic rings. The number of nitrogens with two attached hydrogens (primary N) is 1. The number of carbonyl (C=O) groups excluding carboxylic acids is 2. The Balaban J connectivity index is 1.83. The topological polar surface area (TPSA) is 75.4 Å². The first-order valence-corrected chi connectivity index (χ1v) is 7.38. The Hall–Kier alpha value is -1.10. The van der Waals surface area contributed by atoms with Gasteiger partial charge in [0.15, 0.2) is 0 Å². The minimum Gasteiger partial charge on any atom is -0.370 e. The average Bonchev–Trinajstić information content (AvgIpc) is 2.39. The summed E-state index contributed by atoms with van der Waals surface area (Å²) >= 11 is 0. The number of primary amides is 1. The summed E-state index contributed by atoms with van der Waals surface area (Å²) in [5.41, 5.74) is 5.23. The molecule has 0 aromatic rings. The van der Waals surface area contributed by atoms with Crippen molar-refractivity contribution in [2.45, 2.75) is 45.1 Å². The zero-order chi connectivity index (χ0) is 13.8. The SMILES string of the molecule is CC1NCCCC1C(=O)N1CCC(CC(N)=O)CC1. The summed E-state index contributed by atoms with van der Waals surface area (Å²) in [6, 6.07) is 0.282. The molecule has 2 fully saturated rings. The molecule has 0 radical (unpaired) electrons. The van der Waals surface area contributed by atoms with Crippen LogP contribution in [0.2, 0.25) is 0 Å². The highest BCUT2D eigenvalue weighted by atomic mass is 16.2. The van der Waals surface area contributed by atoms with Crippen LogP contribution in [0.4, 0.5) is 0 Å². The second-order valence-electron chi connectivity index (χ2n) is 5.93. The quantitative estimate of drug-likeness (QED) is 0.781. The Morgan fingerprint density at radius 3 is 2.53 bits per heavy atom. The molecule has 5 heteroatoms. The number of likely N-dealkylation sites (tertiary alicyclic amines) is 1. The third-order valence-electron chi connectivity index (χ3n) is 4.50. The van der Waals surface area contributed by atoms with Gasteiger partial charge in [-0.2, -0.15) is 0 Å². The minimum absolute atomic E-state index is 0.126. The first-order chi connectivity index (χ1) is 9.08. The molecule has 2 rings (SSSR count). The lowest BCUT2D eigenvalue weighted by atomic mass is 9.88. The van der Waals surface area contributed by atoms with Gasteiger partial charge in [-0.3, -0.25) is 9.59 Å². The summed E-state index contributed by atoms with van der Waals surface area (Å²) in [7, 11) is 0. The van der Waals surface area contributed by atoms with Crippen LogP contribution in [-0.2, 0) is 9.59 Å². The van der Waals surface area contributed by atoms with Crippen molar-refractivity contribution in [3.8, 4) is 0 Å². The van der Waals surface area contributed by atoms with Gasteiger partial charge >= 0.3 is 0 Å². The minimum atomic E-state index is -0.227. The molecule has 2 saturated heterocycles. The fourth-order valence-electron chi connectivity index (χ4n) is 3.26. The van der Waals surface area contributed by atoms with E-state index in [1.165, 1.54) is 0 Å². The molecule has 19 heavy (non-hydrogen) atoms. The normalized spacial score (nSPS) is 29.2. The van der Waals surface area contributed by atoms with Crippen LogP contribution in [0.5, 0.6) is 0 Å². The number of nitrogens with zero attached hydrogens (tertiary/aromatic N) is 1. The lowest BCUT2D eigenvalue weighted by Crippen LogP contribution is -2.50. The van der Waals surface area contributed by atoms with E-state index in [1.807, 2.05) is 4.90 Å². The molecule has 0 saturated carbocycles. The molecule has 108 valence electrons. The van der Waals surface area contributed by atoms with Crippen molar-refractivity contribution >= 4 is 11.8 Å². The highest BCUT2D eigenvalue weighted by Crippen LogP contribution is 2.24. The van der Waals surface area contributed by atoms with Crippen LogP contribution in [0, 0.1) is 11.8 Å². The Morgan fingerprint density at radius 1 is 1.26 bits per heavy atom. The van der Waals surface area contributed by atoms with E-state index in [0.717, 1.165) is 45.3 Å². The van der Waals surface area contributed by atoms with Crippen molar-refractivity contribution in [3.05, 3.63) is 0 Å². The zero-order valence-corrected chi connectivity index (χ0v) is 11.7. The summed E-state index contributed by atoms with van der Waals surface area (Å²) in [6.45, 7) is 4.67. The summed E-state index contributed by atoms with van der Waals surface area (Å²) in [6.07, 6.45) is 4.35. The van der Waals surface area contributed by atoms with Crippen molar-refractivity contribution in [1.29, 1.82) is 0 Å².